The Hall–Kier alpha value is 0.0700. The lowest BCUT2D eigenvalue weighted by Crippen LogP contribution is -2.39. The number of likely N-dealkylation sites (N-methyl/N-ethyl adjacent to an activating group) is 1. The zero-order valence-corrected chi connectivity index (χ0v) is 14.0. The molecular formula is C14H22Cl2N2S. The topological polar surface area (TPSA) is 29.3 Å². The lowest BCUT2D eigenvalue weighted by atomic mass is 10.0. The first-order valence-electron chi connectivity index (χ1n) is 6.41. The molecule has 0 aliphatic rings. The van der Waals surface area contributed by atoms with Gasteiger partial charge in [-0.2, -0.15) is 11.8 Å². The van der Waals surface area contributed by atoms with Crippen LogP contribution in [0, 0.1) is 0 Å². The van der Waals surface area contributed by atoms with Crippen molar-refractivity contribution in [2.45, 2.75) is 25.4 Å². The van der Waals surface area contributed by atoms with Gasteiger partial charge in [0.1, 0.15) is 0 Å². The molecule has 2 N–H and O–H groups in total. The van der Waals surface area contributed by atoms with Gasteiger partial charge in [0.05, 0.1) is 0 Å². The molecule has 0 amide bonds. The first-order valence-corrected chi connectivity index (χ1v) is 8.56. The van der Waals surface area contributed by atoms with E-state index in [1.54, 1.807) is 6.07 Å². The Balaban J connectivity index is 2.98. The fraction of sp³-hybridized carbons (Fsp3) is 0.571. The van der Waals surface area contributed by atoms with Crippen molar-refractivity contribution < 1.29 is 0 Å². The van der Waals surface area contributed by atoms with Crippen LogP contribution >= 0.6 is 35.0 Å². The zero-order valence-electron chi connectivity index (χ0n) is 11.7. The highest BCUT2D eigenvalue weighted by molar-refractivity contribution is 7.98. The second kappa shape index (κ2) is 8.38. The van der Waals surface area contributed by atoms with Crippen molar-refractivity contribution in [3.63, 3.8) is 0 Å². The number of thioether (sulfide) groups is 1. The summed E-state index contributed by atoms with van der Waals surface area (Å²) in [6.45, 7) is 2.75. The molecule has 1 rings (SSSR count). The van der Waals surface area contributed by atoms with Crippen molar-refractivity contribution in [3.05, 3.63) is 33.8 Å². The number of benzene rings is 1. The lowest BCUT2D eigenvalue weighted by molar-refractivity contribution is 0.188. The number of nitrogens with two attached hydrogens (primary N) is 1. The predicted molar refractivity (Wildman–Crippen MR) is 88.5 cm³/mol. The van der Waals surface area contributed by atoms with Crippen LogP contribution in [-0.4, -0.2) is 36.5 Å². The molecule has 0 aliphatic carbocycles. The van der Waals surface area contributed by atoms with Crippen molar-refractivity contribution in [2.75, 3.05) is 25.6 Å². The van der Waals surface area contributed by atoms with Crippen LogP contribution in [0.1, 0.15) is 24.9 Å². The van der Waals surface area contributed by atoms with E-state index in [9.17, 15) is 0 Å². The second-order valence-electron chi connectivity index (χ2n) is 4.60. The maximum atomic E-state index is 6.30. The van der Waals surface area contributed by atoms with E-state index in [0.717, 1.165) is 17.7 Å². The quantitative estimate of drug-likeness (QED) is 0.821. The van der Waals surface area contributed by atoms with Gasteiger partial charge in [-0.25, -0.2) is 0 Å². The molecule has 0 fully saturated rings. The van der Waals surface area contributed by atoms with Crippen LogP contribution < -0.4 is 5.73 Å². The number of rotatable bonds is 7. The summed E-state index contributed by atoms with van der Waals surface area (Å²) in [4.78, 5) is 2.33. The Kier molecular flexibility index (Phi) is 7.55. The number of hydrogen-bond donors (Lipinski definition) is 1. The summed E-state index contributed by atoms with van der Waals surface area (Å²) < 4.78 is 0. The summed E-state index contributed by atoms with van der Waals surface area (Å²) in [6.07, 6.45) is 3.22. The Bertz CT molecular complexity index is 401. The van der Waals surface area contributed by atoms with Gasteiger partial charge in [-0.1, -0.05) is 36.2 Å². The van der Waals surface area contributed by atoms with Crippen LogP contribution in [0.2, 0.25) is 10.0 Å². The molecule has 0 saturated carbocycles. The average Bonchev–Trinajstić information content (AvgIpc) is 2.39. The molecule has 0 bridgehead atoms. The summed E-state index contributed by atoms with van der Waals surface area (Å²) >= 11 is 14.1. The first-order chi connectivity index (χ1) is 9.04. The summed E-state index contributed by atoms with van der Waals surface area (Å²) in [7, 11) is 2.12. The largest absolute Gasteiger partial charge is 0.329 e. The van der Waals surface area contributed by atoms with Crippen molar-refractivity contribution in [2.24, 2.45) is 5.73 Å². The van der Waals surface area contributed by atoms with Crippen LogP contribution in [-0.2, 0) is 0 Å². The second-order valence-corrected chi connectivity index (χ2v) is 6.35. The van der Waals surface area contributed by atoms with Gasteiger partial charge in [-0.15, -0.1) is 0 Å². The maximum absolute atomic E-state index is 6.30. The number of nitrogens with zero attached hydrogens (tertiary/aromatic N) is 1. The van der Waals surface area contributed by atoms with Gasteiger partial charge in [0, 0.05) is 34.4 Å². The molecule has 2 atom stereocenters. The van der Waals surface area contributed by atoms with Gasteiger partial charge in [0.15, 0.2) is 0 Å². The smallest absolute Gasteiger partial charge is 0.0485 e. The molecule has 5 heteroatoms. The normalized spacial score (nSPS) is 14.7. The van der Waals surface area contributed by atoms with Crippen LogP contribution in [0.25, 0.3) is 0 Å². The van der Waals surface area contributed by atoms with E-state index in [-0.39, 0.29) is 6.04 Å². The van der Waals surface area contributed by atoms with Crippen molar-refractivity contribution >= 4 is 35.0 Å². The Labute approximate surface area is 130 Å². The third kappa shape index (κ3) is 4.54. The van der Waals surface area contributed by atoms with Gasteiger partial charge >= 0.3 is 0 Å². The predicted octanol–water partition coefficient (Wildman–Crippen LogP) is 4.07. The SMILES string of the molecule is CCC(CSC)N(C)C(CN)c1ccc(Cl)cc1Cl. The standard InChI is InChI=1S/C14H22Cl2N2S/c1-4-11(9-19-3)18(2)14(8-17)12-6-5-10(15)7-13(12)16/h5-7,11,14H,4,8-9,17H2,1-3H3. The van der Waals surface area contributed by atoms with Gasteiger partial charge in [-0.3, -0.25) is 4.90 Å². The summed E-state index contributed by atoms with van der Waals surface area (Å²) in [5.74, 6) is 1.09. The average molecular weight is 321 g/mol. The third-order valence-corrected chi connectivity index (χ3v) is 4.72. The summed E-state index contributed by atoms with van der Waals surface area (Å²) in [5.41, 5.74) is 7.01. The fourth-order valence-electron chi connectivity index (χ4n) is 2.25. The molecule has 0 radical (unpaired) electrons. The van der Waals surface area contributed by atoms with Crippen LogP contribution in [0.5, 0.6) is 0 Å². The van der Waals surface area contributed by atoms with Gasteiger partial charge in [-0.05, 0) is 37.4 Å². The van der Waals surface area contributed by atoms with Crippen LogP contribution in [0.15, 0.2) is 18.2 Å². The van der Waals surface area contributed by atoms with Gasteiger partial charge in [0.2, 0.25) is 0 Å². The molecule has 0 spiro atoms. The Morgan fingerprint density at radius 2 is 2.05 bits per heavy atom. The van der Waals surface area contributed by atoms with E-state index in [1.165, 1.54) is 0 Å². The van der Waals surface area contributed by atoms with E-state index < -0.39 is 0 Å². The van der Waals surface area contributed by atoms with Crippen molar-refractivity contribution in [3.8, 4) is 0 Å². The first kappa shape index (κ1) is 17.1. The van der Waals surface area contributed by atoms with Crippen molar-refractivity contribution in [1.82, 2.24) is 4.90 Å². The molecular weight excluding hydrogens is 299 g/mol. The highest BCUT2D eigenvalue weighted by Gasteiger charge is 2.23. The molecule has 19 heavy (non-hydrogen) atoms. The van der Waals surface area contributed by atoms with E-state index >= 15 is 0 Å². The molecule has 0 saturated heterocycles. The molecule has 0 aromatic heterocycles. The maximum Gasteiger partial charge on any atom is 0.0485 e. The number of hydrogen-bond acceptors (Lipinski definition) is 3. The third-order valence-electron chi connectivity index (χ3n) is 3.44. The highest BCUT2D eigenvalue weighted by Crippen LogP contribution is 2.30. The van der Waals surface area contributed by atoms with Gasteiger partial charge < -0.3 is 5.73 Å². The van der Waals surface area contributed by atoms with E-state index in [2.05, 4.69) is 25.1 Å². The fourth-order valence-corrected chi connectivity index (χ4v) is 3.64. The molecule has 108 valence electrons. The van der Waals surface area contributed by atoms with Crippen LogP contribution in [0.3, 0.4) is 0 Å². The molecule has 2 unspecified atom stereocenters. The van der Waals surface area contributed by atoms with E-state index in [1.807, 2.05) is 23.9 Å². The molecule has 1 aromatic carbocycles. The zero-order chi connectivity index (χ0) is 14.4. The minimum absolute atomic E-state index is 0.127. The molecule has 0 heterocycles. The molecule has 1 aromatic rings. The summed E-state index contributed by atoms with van der Waals surface area (Å²) in [6, 6.07) is 6.25. The lowest BCUT2D eigenvalue weighted by Gasteiger charge is -2.34. The summed E-state index contributed by atoms with van der Waals surface area (Å²) in [5, 5.41) is 1.34. The molecule has 2 nitrogen and oxygen atoms in total. The Morgan fingerprint density at radius 3 is 2.53 bits per heavy atom. The van der Waals surface area contributed by atoms with Gasteiger partial charge in [0.25, 0.3) is 0 Å². The monoisotopic (exact) mass is 320 g/mol. The highest BCUT2D eigenvalue weighted by atomic mass is 35.5. The minimum Gasteiger partial charge on any atom is -0.329 e. The van der Waals surface area contributed by atoms with Crippen molar-refractivity contribution in [1.29, 1.82) is 0 Å². The van der Waals surface area contributed by atoms with E-state index in [4.69, 9.17) is 28.9 Å². The molecule has 0 aliphatic heterocycles. The van der Waals surface area contributed by atoms with Crippen LogP contribution in [0.4, 0.5) is 0 Å². The number of halogens is 2. The Morgan fingerprint density at radius 1 is 1.37 bits per heavy atom. The minimum atomic E-state index is 0.127. The van der Waals surface area contributed by atoms with E-state index in [0.29, 0.717) is 22.6 Å².